The van der Waals surface area contributed by atoms with Crippen molar-refractivity contribution in [3.63, 3.8) is 0 Å². The maximum Gasteiger partial charge on any atom is 0.191 e. The minimum absolute atomic E-state index is 0. The van der Waals surface area contributed by atoms with Crippen LogP contribution in [0.3, 0.4) is 0 Å². The minimum atomic E-state index is -3.14. The highest BCUT2D eigenvalue weighted by molar-refractivity contribution is 14.0. The monoisotopic (exact) mass is 536 g/mol. The van der Waals surface area contributed by atoms with E-state index in [1.165, 1.54) is 25.6 Å². The number of nitrogens with zero attached hydrogens (tertiary/aromatic N) is 2. The molecule has 1 aliphatic heterocycles. The van der Waals surface area contributed by atoms with Gasteiger partial charge < -0.3 is 15.5 Å². The topological polar surface area (TPSA) is 73.8 Å². The molecule has 0 unspecified atom stereocenters. The molecule has 2 N–H and O–H groups in total. The zero-order valence-electron chi connectivity index (χ0n) is 18.0. The molecule has 0 saturated carbocycles. The van der Waals surface area contributed by atoms with E-state index in [-0.39, 0.29) is 24.0 Å². The minimum Gasteiger partial charge on any atom is -0.357 e. The maximum atomic E-state index is 11.5. The van der Waals surface area contributed by atoms with E-state index in [4.69, 9.17) is 4.99 Å². The third-order valence-corrected chi connectivity index (χ3v) is 6.25. The number of sulfone groups is 1. The van der Waals surface area contributed by atoms with Gasteiger partial charge >= 0.3 is 0 Å². The van der Waals surface area contributed by atoms with Gasteiger partial charge in [-0.3, -0.25) is 4.99 Å². The summed E-state index contributed by atoms with van der Waals surface area (Å²) < 4.78 is 23.1. The highest BCUT2D eigenvalue weighted by Gasteiger charge is 2.19. The van der Waals surface area contributed by atoms with Crippen LogP contribution in [0, 0.1) is 0 Å². The standard InChI is InChI=1S/C21H36N4O2S.HI/c1-4-6-15-25-16-12-19(13-17-25)24-21(22-5-2)23-14-11-18-7-9-20(10-8-18)28(3,26)27;/h7-10,19H,4-6,11-17H2,1-3H3,(H2,22,23,24);1H. The zero-order valence-corrected chi connectivity index (χ0v) is 21.1. The second-order valence-electron chi connectivity index (χ2n) is 7.54. The van der Waals surface area contributed by atoms with Gasteiger partial charge in [-0.05, 0) is 56.8 Å². The van der Waals surface area contributed by atoms with Crippen LogP contribution in [-0.4, -0.2) is 64.3 Å². The van der Waals surface area contributed by atoms with E-state index in [9.17, 15) is 8.42 Å². The summed E-state index contributed by atoms with van der Waals surface area (Å²) in [5.41, 5.74) is 1.09. The van der Waals surface area contributed by atoms with Crippen LogP contribution in [-0.2, 0) is 16.3 Å². The molecular weight excluding hydrogens is 499 g/mol. The van der Waals surface area contributed by atoms with Crippen molar-refractivity contribution in [3.8, 4) is 0 Å². The Bertz CT molecular complexity index is 715. The Hall–Kier alpha value is -0.870. The van der Waals surface area contributed by atoms with Crippen LogP contribution >= 0.6 is 24.0 Å². The lowest BCUT2D eigenvalue weighted by atomic mass is 10.0. The van der Waals surface area contributed by atoms with E-state index in [1.807, 2.05) is 12.1 Å². The summed E-state index contributed by atoms with van der Waals surface area (Å²) in [5, 5.41) is 6.92. The first-order chi connectivity index (χ1) is 13.4. The second kappa shape index (κ2) is 13.4. The van der Waals surface area contributed by atoms with Crippen molar-refractivity contribution >= 4 is 39.8 Å². The molecule has 1 heterocycles. The molecular formula is C21H37IN4O2S. The average molecular weight is 537 g/mol. The highest BCUT2D eigenvalue weighted by atomic mass is 127. The predicted molar refractivity (Wildman–Crippen MR) is 132 cm³/mol. The fourth-order valence-electron chi connectivity index (χ4n) is 3.40. The largest absolute Gasteiger partial charge is 0.357 e. The molecule has 1 aromatic carbocycles. The Morgan fingerprint density at radius 3 is 2.38 bits per heavy atom. The lowest BCUT2D eigenvalue weighted by Crippen LogP contribution is -2.48. The summed E-state index contributed by atoms with van der Waals surface area (Å²) in [6.45, 7) is 9.36. The van der Waals surface area contributed by atoms with Gasteiger partial charge in [0.1, 0.15) is 0 Å². The summed E-state index contributed by atoms with van der Waals surface area (Å²) in [7, 11) is -3.14. The van der Waals surface area contributed by atoms with Crippen molar-refractivity contribution in [3.05, 3.63) is 29.8 Å². The average Bonchev–Trinajstić information content (AvgIpc) is 2.67. The van der Waals surface area contributed by atoms with Crippen LogP contribution in [0.1, 0.15) is 45.1 Å². The summed E-state index contributed by atoms with van der Waals surface area (Å²) in [6.07, 6.45) is 6.87. The van der Waals surface area contributed by atoms with Gasteiger partial charge in [0.15, 0.2) is 15.8 Å². The lowest BCUT2D eigenvalue weighted by molar-refractivity contribution is 0.203. The van der Waals surface area contributed by atoms with Crippen molar-refractivity contribution in [2.24, 2.45) is 4.99 Å². The molecule has 0 atom stereocenters. The first-order valence-electron chi connectivity index (χ1n) is 10.5. The Balaban J connectivity index is 0.00000420. The third kappa shape index (κ3) is 9.65. The summed E-state index contributed by atoms with van der Waals surface area (Å²) in [4.78, 5) is 7.63. The first-order valence-corrected chi connectivity index (χ1v) is 12.4. The molecule has 1 aromatic rings. The van der Waals surface area contributed by atoms with E-state index in [2.05, 4.69) is 29.4 Å². The van der Waals surface area contributed by atoms with E-state index < -0.39 is 9.84 Å². The summed E-state index contributed by atoms with van der Waals surface area (Å²) in [6, 6.07) is 7.56. The summed E-state index contributed by atoms with van der Waals surface area (Å²) >= 11 is 0. The van der Waals surface area contributed by atoms with Crippen molar-refractivity contribution in [2.75, 3.05) is 39.0 Å². The van der Waals surface area contributed by atoms with Gasteiger partial charge in [-0.1, -0.05) is 25.5 Å². The van der Waals surface area contributed by atoms with Gasteiger partial charge in [-0.25, -0.2) is 8.42 Å². The Kier molecular flexibility index (Phi) is 12.1. The van der Waals surface area contributed by atoms with Gasteiger partial charge in [0, 0.05) is 38.5 Å². The quantitative estimate of drug-likeness (QED) is 0.289. The molecule has 0 radical (unpaired) electrons. The fraction of sp³-hybridized carbons (Fsp3) is 0.667. The highest BCUT2D eigenvalue weighted by Crippen LogP contribution is 2.12. The van der Waals surface area contributed by atoms with E-state index in [0.717, 1.165) is 50.4 Å². The molecule has 1 fully saturated rings. The molecule has 6 nitrogen and oxygen atoms in total. The van der Waals surface area contributed by atoms with Crippen LogP contribution < -0.4 is 10.6 Å². The molecule has 8 heteroatoms. The normalized spacial score (nSPS) is 16.3. The van der Waals surface area contributed by atoms with Gasteiger partial charge in [0.2, 0.25) is 0 Å². The number of unbranched alkanes of at least 4 members (excludes halogenated alkanes) is 1. The molecule has 166 valence electrons. The van der Waals surface area contributed by atoms with Gasteiger partial charge in [0.25, 0.3) is 0 Å². The van der Waals surface area contributed by atoms with E-state index in [0.29, 0.717) is 17.5 Å². The maximum absolute atomic E-state index is 11.5. The number of hydrogen-bond acceptors (Lipinski definition) is 4. The van der Waals surface area contributed by atoms with E-state index >= 15 is 0 Å². The second-order valence-corrected chi connectivity index (χ2v) is 9.56. The number of piperidine rings is 1. The molecule has 0 aromatic heterocycles. The number of halogens is 1. The third-order valence-electron chi connectivity index (χ3n) is 5.12. The Morgan fingerprint density at radius 2 is 1.83 bits per heavy atom. The number of nitrogens with one attached hydrogen (secondary N) is 2. The van der Waals surface area contributed by atoms with Crippen LogP contribution in [0.4, 0.5) is 0 Å². The Labute approximate surface area is 193 Å². The zero-order chi connectivity index (χ0) is 20.4. The predicted octanol–water partition coefficient (Wildman–Crippen LogP) is 3.07. The molecule has 2 rings (SSSR count). The molecule has 0 aliphatic carbocycles. The van der Waals surface area contributed by atoms with Crippen LogP contribution in [0.15, 0.2) is 34.2 Å². The lowest BCUT2D eigenvalue weighted by Gasteiger charge is -2.33. The van der Waals surface area contributed by atoms with E-state index in [1.54, 1.807) is 12.1 Å². The number of aliphatic imine (C=N–C) groups is 1. The van der Waals surface area contributed by atoms with Crippen molar-refractivity contribution in [2.45, 2.75) is 56.9 Å². The first kappa shape index (κ1) is 26.2. The Morgan fingerprint density at radius 1 is 1.17 bits per heavy atom. The molecule has 1 saturated heterocycles. The number of hydrogen-bond donors (Lipinski definition) is 2. The van der Waals surface area contributed by atoms with Crippen LogP contribution in [0.5, 0.6) is 0 Å². The van der Waals surface area contributed by atoms with Gasteiger partial charge in [-0.2, -0.15) is 0 Å². The van der Waals surface area contributed by atoms with Crippen molar-refractivity contribution < 1.29 is 8.42 Å². The van der Waals surface area contributed by atoms with Gasteiger partial charge in [-0.15, -0.1) is 24.0 Å². The smallest absolute Gasteiger partial charge is 0.191 e. The summed E-state index contributed by atoms with van der Waals surface area (Å²) in [5.74, 6) is 0.877. The van der Waals surface area contributed by atoms with Crippen LogP contribution in [0.2, 0.25) is 0 Å². The van der Waals surface area contributed by atoms with Crippen molar-refractivity contribution in [1.29, 1.82) is 0 Å². The number of likely N-dealkylation sites (tertiary alicyclic amines) is 1. The molecule has 29 heavy (non-hydrogen) atoms. The number of benzene rings is 1. The molecule has 0 amide bonds. The van der Waals surface area contributed by atoms with Crippen LogP contribution in [0.25, 0.3) is 0 Å². The van der Waals surface area contributed by atoms with Crippen molar-refractivity contribution in [1.82, 2.24) is 15.5 Å². The van der Waals surface area contributed by atoms with Gasteiger partial charge in [0.05, 0.1) is 4.90 Å². The fourth-order valence-corrected chi connectivity index (χ4v) is 4.03. The SMILES string of the molecule is CCCCN1CCC(NC(=NCCc2ccc(S(C)(=O)=O)cc2)NCC)CC1.I. The molecule has 0 bridgehead atoms. The number of guanidine groups is 1. The molecule has 1 aliphatic rings. The molecule has 0 spiro atoms. The number of rotatable bonds is 9.